The van der Waals surface area contributed by atoms with Crippen molar-refractivity contribution >= 4 is 11.3 Å². The van der Waals surface area contributed by atoms with Crippen molar-refractivity contribution in [3.05, 3.63) is 34.1 Å². The van der Waals surface area contributed by atoms with Crippen LogP contribution in [0.1, 0.15) is 30.6 Å². The molecule has 4 nitrogen and oxygen atoms in total. The molecule has 0 aliphatic rings. The number of hydrogen-bond acceptors (Lipinski definition) is 5. The number of nitrogens with zero attached hydrogens (tertiary/aromatic N) is 2. The molecule has 2 N–H and O–H groups in total. The Morgan fingerprint density at radius 1 is 1.56 bits per heavy atom. The third kappa shape index (κ3) is 2.90. The number of rotatable bonds is 5. The van der Waals surface area contributed by atoms with Crippen LogP contribution in [0.4, 0.5) is 0 Å². The van der Waals surface area contributed by atoms with Crippen LogP contribution in [0.2, 0.25) is 0 Å². The Kier molecular flexibility index (Phi) is 3.69. The van der Waals surface area contributed by atoms with Gasteiger partial charge >= 0.3 is 0 Å². The van der Waals surface area contributed by atoms with Crippen LogP contribution in [0.3, 0.4) is 0 Å². The van der Waals surface area contributed by atoms with Gasteiger partial charge in [0.15, 0.2) is 5.82 Å². The van der Waals surface area contributed by atoms with Gasteiger partial charge < -0.3 is 10.3 Å². The predicted octanol–water partition coefficient (Wildman–Crippen LogP) is 2.00. The second-order valence-electron chi connectivity index (χ2n) is 3.79. The Labute approximate surface area is 98.5 Å². The van der Waals surface area contributed by atoms with E-state index in [1.807, 2.05) is 5.38 Å². The number of hydrogen-bond donors (Lipinski definition) is 1. The van der Waals surface area contributed by atoms with Gasteiger partial charge in [-0.15, -0.1) is 0 Å². The molecule has 0 aliphatic carbocycles. The molecule has 2 heterocycles. The van der Waals surface area contributed by atoms with E-state index in [1.54, 1.807) is 11.3 Å². The molecule has 86 valence electrons. The van der Waals surface area contributed by atoms with Gasteiger partial charge in [-0.1, -0.05) is 12.1 Å². The highest BCUT2D eigenvalue weighted by atomic mass is 32.1. The Hall–Kier alpha value is -1.20. The highest BCUT2D eigenvalue weighted by Gasteiger charge is 2.10. The fourth-order valence-corrected chi connectivity index (χ4v) is 2.06. The second-order valence-corrected chi connectivity index (χ2v) is 4.57. The summed E-state index contributed by atoms with van der Waals surface area (Å²) < 4.78 is 5.17. The highest BCUT2D eigenvalue weighted by Crippen LogP contribution is 2.11. The van der Waals surface area contributed by atoms with Crippen molar-refractivity contribution in [1.82, 2.24) is 10.1 Å². The molecule has 0 saturated heterocycles. The van der Waals surface area contributed by atoms with E-state index in [0.717, 1.165) is 6.42 Å². The van der Waals surface area contributed by atoms with Gasteiger partial charge in [0.25, 0.3) is 0 Å². The van der Waals surface area contributed by atoms with Crippen molar-refractivity contribution in [2.45, 2.75) is 32.2 Å². The zero-order valence-electron chi connectivity index (χ0n) is 9.22. The van der Waals surface area contributed by atoms with E-state index in [4.69, 9.17) is 10.3 Å². The molecule has 0 amide bonds. The van der Waals surface area contributed by atoms with Crippen molar-refractivity contribution in [2.75, 3.05) is 0 Å². The molecule has 0 radical (unpaired) electrons. The fourth-order valence-electron chi connectivity index (χ4n) is 1.39. The first-order valence-electron chi connectivity index (χ1n) is 5.36. The summed E-state index contributed by atoms with van der Waals surface area (Å²) in [5.74, 6) is 1.37. The Bertz CT molecular complexity index is 424. The zero-order chi connectivity index (χ0) is 11.4. The second kappa shape index (κ2) is 5.23. The van der Waals surface area contributed by atoms with Gasteiger partial charge in [0.05, 0.1) is 6.42 Å². The molecule has 0 aromatic carbocycles. The number of aromatic nitrogens is 2. The third-order valence-corrected chi connectivity index (χ3v) is 3.15. The van der Waals surface area contributed by atoms with Gasteiger partial charge in [-0.25, -0.2) is 0 Å². The maximum atomic E-state index is 5.83. The zero-order valence-corrected chi connectivity index (χ0v) is 10.0. The Morgan fingerprint density at radius 2 is 2.44 bits per heavy atom. The highest BCUT2D eigenvalue weighted by molar-refractivity contribution is 7.07. The molecule has 5 heteroatoms. The van der Waals surface area contributed by atoms with Crippen LogP contribution in [-0.2, 0) is 12.8 Å². The van der Waals surface area contributed by atoms with Crippen molar-refractivity contribution in [3.8, 4) is 0 Å². The molecule has 0 fully saturated rings. The SMILES string of the molecule is CCC(N)Cc1noc(Cc2ccsc2)n1. The lowest BCUT2D eigenvalue weighted by atomic mass is 10.2. The number of thiophene rings is 1. The Morgan fingerprint density at radius 3 is 3.12 bits per heavy atom. The lowest BCUT2D eigenvalue weighted by Crippen LogP contribution is -2.22. The maximum absolute atomic E-state index is 5.83. The molecule has 0 bridgehead atoms. The fraction of sp³-hybridized carbons (Fsp3) is 0.455. The van der Waals surface area contributed by atoms with Gasteiger partial charge in [-0.3, -0.25) is 0 Å². The summed E-state index contributed by atoms with van der Waals surface area (Å²) in [7, 11) is 0. The summed E-state index contributed by atoms with van der Waals surface area (Å²) in [5, 5.41) is 8.05. The first kappa shape index (κ1) is 11.3. The number of nitrogens with two attached hydrogens (primary N) is 1. The van der Waals surface area contributed by atoms with E-state index in [0.29, 0.717) is 24.6 Å². The molecule has 1 unspecified atom stereocenters. The van der Waals surface area contributed by atoms with Crippen LogP contribution in [0.15, 0.2) is 21.3 Å². The monoisotopic (exact) mass is 237 g/mol. The minimum absolute atomic E-state index is 0.117. The quantitative estimate of drug-likeness (QED) is 0.863. The van der Waals surface area contributed by atoms with Gasteiger partial charge in [-0.2, -0.15) is 16.3 Å². The Balaban J connectivity index is 1.97. The van der Waals surface area contributed by atoms with Gasteiger partial charge in [0.1, 0.15) is 0 Å². The van der Waals surface area contributed by atoms with Crippen LogP contribution in [0.25, 0.3) is 0 Å². The molecule has 1 atom stereocenters. The molecule has 2 aromatic rings. The lowest BCUT2D eigenvalue weighted by Gasteiger charge is -2.02. The first-order chi connectivity index (χ1) is 7.78. The van der Waals surface area contributed by atoms with Gasteiger partial charge in [0, 0.05) is 12.5 Å². The van der Waals surface area contributed by atoms with E-state index in [9.17, 15) is 0 Å². The summed E-state index contributed by atoms with van der Waals surface area (Å²) in [4.78, 5) is 4.32. The van der Waals surface area contributed by atoms with Crippen LogP contribution in [0, 0.1) is 0 Å². The maximum Gasteiger partial charge on any atom is 0.231 e. The first-order valence-corrected chi connectivity index (χ1v) is 6.30. The summed E-state index contributed by atoms with van der Waals surface area (Å²) >= 11 is 1.67. The largest absolute Gasteiger partial charge is 0.339 e. The van der Waals surface area contributed by atoms with Crippen LogP contribution >= 0.6 is 11.3 Å². The molecule has 0 aliphatic heterocycles. The molecule has 2 aromatic heterocycles. The molecule has 2 rings (SSSR count). The van der Waals surface area contributed by atoms with E-state index >= 15 is 0 Å². The van der Waals surface area contributed by atoms with Crippen LogP contribution < -0.4 is 5.73 Å². The third-order valence-electron chi connectivity index (χ3n) is 2.41. The van der Waals surface area contributed by atoms with E-state index in [2.05, 4.69) is 28.5 Å². The van der Waals surface area contributed by atoms with E-state index in [1.165, 1.54) is 5.56 Å². The molecule has 16 heavy (non-hydrogen) atoms. The van der Waals surface area contributed by atoms with Gasteiger partial charge in [0.2, 0.25) is 5.89 Å². The molecular weight excluding hydrogens is 222 g/mol. The topological polar surface area (TPSA) is 64.9 Å². The molecule has 0 spiro atoms. The summed E-state index contributed by atoms with van der Waals surface area (Å²) in [6.07, 6.45) is 2.32. The van der Waals surface area contributed by atoms with Crippen molar-refractivity contribution < 1.29 is 4.52 Å². The smallest absolute Gasteiger partial charge is 0.231 e. The van der Waals surface area contributed by atoms with Gasteiger partial charge in [-0.05, 0) is 28.8 Å². The standard InChI is InChI=1S/C11H15N3OS/c1-2-9(12)6-10-13-11(15-14-10)5-8-3-4-16-7-8/h3-4,7,9H,2,5-6,12H2,1H3. The lowest BCUT2D eigenvalue weighted by molar-refractivity contribution is 0.377. The van der Waals surface area contributed by atoms with Crippen LogP contribution in [-0.4, -0.2) is 16.2 Å². The summed E-state index contributed by atoms with van der Waals surface area (Å²) in [6.45, 7) is 2.05. The van der Waals surface area contributed by atoms with Crippen molar-refractivity contribution in [1.29, 1.82) is 0 Å². The van der Waals surface area contributed by atoms with E-state index in [-0.39, 0.29) is 6.04 Å². The average Bonchev–Trinajstić information content (AvgIpc) is 2.91. The van der Waals surface area contributed by atoms with Crippen molar-refractivity contribution in [3.63, 3.8) is 0 Å². The predicted molar refractivity (Wildman–Crippen MR) is 63.4 cm³/mol. The van der Waals surface area contributed by atoms with Crippen LogP contribution in [0.5, 0.6) is 0 Å². The molecule has 0 saturated carbocycles. The summed E-state index contributed by atoms with van der Waals surface area (Å²) in [5.41, 5.74) is 7.04. The summed E-state index contributed by atoms with van der Waals surface area (Å²) in [6, 6.07) is 2.18. The minimum atomic E-state index is 0.117. The van der Waals surface area contributed by atoms with Crippen molar-refractivity contribution in [2.24, 2.45) is 5.73 Å². The normalized spacial score (nSPS) is 12.9. The molecular formula is C11H15N3OS. The average molecular weight is 237 g/mol. The van der Waals surface area contributed by atoms with E-state index < -0.39 is 0 Å². The minimum Gasteiger partial charge on any atom is -0.339 e.